The Morgan fingerprint density at radius 3 is 1.95 bits per heavy atom. The van der Waals surface area contributed by atoms with E-state index in [0.29, 0.717) is 0 Å². The third-order valence-electron chi connectivity index (χ3n) is 7.68. The molecule has 0 saturated heterocycles. The van der Waals surface area contributed by atoms with Gasteiger partial charge in [0.15, 0.2) is 0 Å². The van der Waals surface area contributed by atoms with Crippen LogP contribution in [0.4, 0.5) is 0 Å². The highest BCUT2D eigenvalue weighted by Gasteiger charge is 2.19. The van der Waals surface area contributed by atoms with Crippen LogP contribution in [0, 0.1) is 0 Å². The van der Waals surface area contributed by atoms with E-state index in [0.717, 1.165) is 27.8 Å². The van der Waals surface area contributed by atoms with E-state index < -0.39 is 0 Å². The zero-order valence-corrected chi connectivity index (χ0v) is 21.1. The van der Waals surface area contributed by atoms with Gasteiger partial charge in [-0.25, -0.2) is 0 Å². The summed E-state index contributed by atoms with van der Waals surface area (Å²) in [7, 11) is 0. The van der Waals surface area contributed by atoms with Gasteiger partial charge in [-0.1, -0.05) is 103 Å². The highest BCUT2D eigenvalue weighted by molar-refractivity contribution is 6.22. The molecule has 0 spiro atoms. The van der Waals surface area contributed by atoms with E-state index in [1.807, 2.05) is 0 Å². The maximum absolute atomic E-state index is 4.69. The Labute approximate surface area is 225 Å². The minimum atomic E-state index is 0.877. The minimum absolute atomic E-state index is 0.877. The van der Waals surface area contributed by atoms with E-state index in [2.05, 4.69) is 142 Å². The van der Waals surface area contributed by atoms with Gasteiger partial charge in [0.2, 0.25) is 0 Å². The van der Waals surface area contributed by atoms with E-state index in [-0.39, 0.29) is 0 Å². The summed E-state index contributed by atoms with van der Waals surface area (Å²) >= 11 is 0. The van der Waals surface area contributed by atoms with Crippen LogP contribution in [0.15, 0.2) is 140 Å². The first-order chi connectivity index (χ1) is 19.3. The lowest BCUT2D eigenvalue weighted by Crippen LogP contribution is -1.99. The molecule has 0 saturated carbocycles. The molecule has 8 aromatic rings. The molecule has 0 bridgehead atoms. The van der Waals surface area contributed by atoms with E-state index >= 15 is 0 Å². The van der Waals surface area contributed by atoms with Crippen molar-refractivity contribution in [2.75, 3.05) is 0 Å². The third-order valence-corrected chi connectivity index (χ3v) is 7.68. The molecule has 0 aliphatic heterocycles. The molecule has 8 rings (SSSR count). The molecule has 0 aliphatic carbocycles. The van der Waals surface area contributed by atoms with Crippen molar-refractivity contribution in [1.29, 1.82) is 0 Å². The van der Waals surface area contributed by atoms with E-state index in [9.17, 15) is 0 Å². The molecule has 3 nitrogen and oxygen atoms in total. The summed E-state index contributed by atoms with van der Waals surface area (Å²) in [6, 6.07) is 45.5. The van der Waals surface area contributed by atoms with Crippen molar-refractivity contribution in [3.63, 3.8) is 0 Å². The number of hydrogen-bond donors (Lipinski definition) is 0. The zero-order chi connectivity index (χ0) is 25.8. The Bertz CT molecular complexity index is 2160. The summed E-state index contributed by atoms with van der Waals surface area (Å²) in [5, 5.41) is 5.00. The summed E-state index contributed by atoms with van der Waals surface area (Å²) in [5.41, 5.74) is 9.87. The summed E-state index contributed by atoms with van der Waals surface area (Å²) in [4.78, 5) is 9.32. The van der Waals surface area contributed by atoms with Gasteiger partial charge in [0.1, 0.15) is 0 Å². The van der Waals surface area contributed by atoms with Crippen molar-refractivity contribution in [2.45, 2.75) is 0 Å². The van der Waals surface area contributed by atoms with Crippen LogP contribution in [-0.2, 0) is 0 Å². The molecule has 39 heavy (non-hydrogen) atoms. The van der Waals surface area contributed by atoms with Crippen molar-refractivity contribution >= 4 is 43.6 Å². The molecule has 0 N–H and O–H groups in total. The molecule has 2 heterocycles. The number of nitrogens with zero attached hydrogens (tertiary/aromatic N) is 3. The SMILES string of the molecule is c1ccc(-c2ccc3c4c5ccccc5ccc4n(-c4cc5nccnc5cc4-c4ccccc4)c3c2)cc1. The number of fused-ring (bicyclic) bond motifs is 6. The standard InChI is InChI=1S/C36H23N3/c1-3-9-24(10-4-1)27-15-17-29-34(21-27)39(33-18-16-26-13-7-8-14-28(26)36(29)33)35-23-32-31(37-19-20-38-32)22-30(35)25-11-5-2-6-12-25/h1-23H. The highest BCUT2D eigenvalue weighted by atomic mass is 15.0. The first-order valence-corrected chi connectivity index (χ1v) is 13.2. The second kappa shape index (κ2) is 8.64. The Morgan fingerprint density at radius 2 is 1.15 bits per heavy atom. The second-order valence-corrected chi connectivity index (χ2v) is 9.89. The average molecular weight is 498 g/mol. The fourth-order valence-electron chi connectivity index (χ4n) is 5.89. The van der Waals surface area contributed by atoms with Crippen molar-refractivity contribution in [3.05, 3.63) is 140 Å². The van der Waals surface area contributed by atoms with Crippen LogP contribution in [-0.4, -0.2) is 14.5 Å². The molecular formula is C36H23N3. The van der Waals surface area contributed by atoms with Crippen molar-refractivity contribution in [2.24, 2.45) is 0 Å². The largest absolute Gasteiger partial charge is 0.308 e. The summed E-state index contributed by atoms with van der Waals surface area (Å²) in [6.45, 7) is 0. The quantitative estimate of drug-likeness (QED) is 0.244. The van der Waals surface area contributed by atoms with E-state index in [1.165, 1.54) is 43.7 Å². The maximum atomic E-state index is 4.69. The predicted molar refractivity (Wildman–Crippen MR) is 162 cm³/mol. The molecular weight excluding hydrogens is 474 g/mol. The van der Waals surface area contributed by atoms with Crippen molar-refractivity contribution in [3.8, 4) is 27.9 Å². The van der Waals surface area contributed by atoms with Gasteiger partial charge >= 0.3 is 0 Å². The summed E-state index contributed by atoms with van der Waals surface area (Å²) < 4.78 is 2.42. The minimum Gasteiger partial charge on any atom is -0.308 e. The lowest BCUT2D eigenvalue weighted by Gasteiger charge is -2.16. The molecule has 3 heteroatoms. The Balaban J connectivity index is 1.56. The Hall–Kier alpha value is -5.28. The van der Waals surface area contributed by atoms with Crippen LogP contribution >= 0.6 is 0 Å². The van der Waals surface area contributed by atoms with Crippen LogP contribution in [0.5, 0.6) is 0 Å². The third kappa shape index (κ3) is 3.44. The van der Waals surface area contributed by atoms with Gasteiger partial charge in [0.25, 0.3) is 0 Å². The first-order valence-electron chi connectivity index (χ1n) is 13.2. The van der Waals surface area contributed by atoms with Crippen LogP contribution in [0.2, 0.25) is 0 Å². The monoisotopic (exact) mass is 497 g/mol. The molecule has 0 amide bonds. The lowest BCUT2D eigenvalue weighted by molar-refractivity contribution is 1.18. The number of hydrogen-bond acceptors (Lipinski definition) is 2. The van der Waals surface area contributed by atoms with E-state index in [4.69, 9.17) is 0 Å². The normalized spacial score (nSPS) is 11.6. The van der Waals surface area contributed by atoms with Gasteiger partial charge in [-0.2, -0.15) is 0 Å². The smallest absolute Gasteiger partial charge is 0.0908 e. The second-order valence-electron chi connectivity index (χ2n) is 9.89. The lowest BCUT2D eigenvalue weighted by atomic mass is 10.0. The van der Waals surface area contributed by atoms with Gasteiger partial charge in [0.05, 0.1) is 27.8 Å². The predicted octanol–water partition coefficient (Wildman–Crippen LogP) is 9.21. The van der Waals surface area contributed by atoms with Crippen LogP contribution in [0.3, 0.4) is 0 Å². The van der Waals surface area contributed by atoms with Gasteiger partial charge in [-0.05, 0) is 51.7 Å². The zero-order valence-electron chi connectivity index (χ0n) is 21.1. The van der Waals surface area contributed by atoms with E-state index in [1.54, 1.807) is 12.4 Å². The molecule has 182 valence electrons. The molecule has 0 unspecified atom stereocenters. The number of benzene rings is 6. The van der Waals surface area contributed by atoms with Crippen molar-refractivity contribution in [1.82, 2.24) is 14.5 Å². The summed E-state index contributed by atoms with van der Waals surface area (Å²) in [5.74, 6) is 0. The fraction of sp³-hybridized carbons (Fsp3) is 0. The Kier molecular flexibility index (Phi) is 4.82. The molecule has 0 atom stereocenters. The average Bonchev–Trinajstić information content (AvgIpc) is 3.35. The molecule has 2 aromatic heterocycles. The van der Waals surface area contributed by atoms with Crippen LogP contribution in [0.1, 0.15) is 0 Å². The molecule has 0 aliphatic rings. The van der Waals surface area contributed by atoms with Crippen LogP contribution < -0.4 is 0 Å². The van der Waals surface area contributed by atoms with Gasteiger partial charge < -0.3 is 4.57 Å². The van der Waals surface area contributed by atoms with Crippen LogP contribution in [0.25, 0.3) is 71.6 Å². The number of aromatic nitrogens is 3. The molecule has 0 radical (unpaired) electrons. The van der Waals surface area contributed by atoms with Gasteiger partial charge in [-0.15, -0.1) is 0 Å². The highest BCUT2D eigenvalue weighted by Crippen LogP contribution is 2.41. The first kappa shape index (κ1) is 21.8. The Morgan fingerprint density at radius 1 is 0.462 bits per heavy atom. The summed E-state index contributed by atoms with van der Waals surface area (Å²) in [6.07, 6.45) is 3.52. The van der Waals surface area contributed by atoms with Crippen molar-refractivity contribution < 1.29 is 0 Å². The topological polar surface area (TPSA) is 30.7 Å². The molecule has 0 fully saturated rings. The molecule has 6 aromatic carbocycles. The number of rotatable bonds is 3. The van der Waals surface area contributed by atoms with Gasteiger partial charge in [-0.3, -0.25) is 9.97 Å². The maximum Gasteiger partial charge on any atom is 0.0908 e. The fourth-order valence-corrected chi connectivity index (χ4v) is 5.89. The van der Waals surface area contributed by atoms with Gasteiger partial charge in [0, 0.05) is 28.7 Å².